The van der Waals surface area contributed by atoms with Gasteiger partial charge in [-0.25, -0.2) is 4.98 Å². The van der Waals surface area contributed by atoms with Crippen molar-refractivity contribution in [2.24, 2.45) is 0 Å². The van der Waals surface area contributed by atoms with E-state index in [1.54, 1.807) is 34.9 Å². The molecule has 0 saturated carbocycles. The van der Waals surface area contributed by atoms with Crippen molar-refractivity contribution in [3.63, 3.8) is 0 Å². The molecule has 2 N–H and O–H groups in total. The molecule has 0 amide bonds. The van der Waals surface area contributed by atoms with Gasteiger partial charge in [-0.3, -0.25) is 4.57 Å². The van der Waals surface area contributed by atoms with Gasteiger partial charge in [0.25, 0.3) is 0 Å². The van der Waals surface area contributed by atoms with Crippen molar-refractivity contribution in [2.45, 2.75) is 6.61 Å². The predicted octanol–water partition coefficient (Wildman–Crippen LogP) is 3.86. The number of nitrogens with two attached hydrogens (primary N) is 1. The number of nitrogen functional groups attached to an aromatic ring is 1. The highest BCUT2D eigenvalue weighted by Gasteiger charge is 2.11. The molecule has 1 aromatic heterocycles. The van der Waals surface area contributed by atoms with Crippen molar-refractivity contribution >= 4 is 28.6 Å². The summed E-state index contributed by atoms with van der Waals surface area (Å²) in [5.74, 6) is 0.365. The number of nitrogens with zero attached hydrogens (tertiary/aromatic N) is 2. The van der Waals surface area contributed by atoms with Gasteiger partial charge in [-0.2, -0.15) is 8.78 Å². The molecule has 0 aliphatic carbocycles. The lowest BCUT2D eigenvalue weighted by molar-refractivity contribution is -0.0498. The number of rotatable bonds is 3. The van der Waals surface area contributed by atoms with Crippen LogP contribution in [-0.2, 0) is 0 Å². The van der Waals surface area contributed by atoms with Crippen LogP contribution in [0.2, 0.25) is 5.02 Å². The summed E-state index contributed by atoms with van der Waals surface area (Å²) in [6.45, 7) is -2.85. The number of halogens is 3. The van der Waals surface area contributed by atoms with Crippen LogP contribution in [0, 0.1) is 0 Å². The van der Waals surface area contributed by atoms with E-state index in [2.05, 4.69) is 9.72 Å². The zero-order chi connectivity index (χ0) is 15.0. The molecule has 0 spiro atoms. The number of imidazole rings is 1. The standard InChI is InChI=1S/C14H10ClF2N3O/c15-8-1-6-11-12(7-8)20(14(18)19-11)9-2-4-10(5-3-9)21-13(16)17/h1-7,13H,(H2,18,19). The maximum Gasteiger partial charge on any atom is 0.387 e. The number of fused-ring (bicyclic) bond motifs is 1. The van der Waals surface area contributed by atoms with E-state index in [1.807, 2.05) is 0 Å². The number of anilines is 1. The second-order valence-electron chi connectivity index (χ2n) is 4.31. The number of alkyl halides is 2. The SMILES string of the molecule is Nc1nc2ccc(Cl)cc2n1-c1ccc(OC(F)F)cc1. The summed E-state index contributed by atoms with van der Waals surface area (Å²) in [6, 6.07) is 11.4. The second kappa shape index (κ2) is 5.21. The highest BCUT2D eigenvalue weighted by molar-refractivity contribution is 6.31. The van der Waals surface area contributed by atoms with Crippen LogP contribution >= 0.6 is 11.6 Å². The minimum Gasteiger partial charge on any atom is -0.435 e. The Bertz CT molecular complexity index is 787. The number of hydrogen-bond acceptors (Lipinski definition) is 3. The van der Waals surface area contributed by atoms with Gasteiger partial charge in [0, 0.05) is 10.7 Å². The van der Waals surface area contributed by atoms with Crippen molar-refractivity contribution in [2.75, 3.05) is 5.73 Å². The Morgan fingerprint density at radius 3 is 2.52 bits per heavy atom. The fraction of sp³-hybridized carbons (Fsp3) is 0.0714. The summed E-state index contributed by atoms with van der Waals surface area (Å²) in [6.07, 6.45) is 0. The first-order valence-electron chi connectivity index (χ1n) is 6.03. The van der Waals surface area contributed by atoms with E-state index in [4.69, 9.17) is 17.3 Å². The van der Waals surface area contributed by atoms with Crippen LogP contribution in [0.4, 0.5) is 14.7 Å². The maximum atomic E-state index is 12.1. The molecular formula is C14H10ClF2N3O. The number of hydrogen-bond donors (Lipinski definition) is 1. The van der Waals surface area contributed by atoms with Gasteiger partial charge in [0.2, 0.25) is 5.95 Å². The third-order valence-corrected chi connectivity index (χ3v) is 3.20. The molecule has 0 atom stereocenters. The van der Waals surface area contributed by atoms with Crippen LogP contribution in [0.1, 0.15) is 0 Å². The smallest absolute Gasteiger partial charge is 0.387 e. The molecule has 7 heteroatoms. The molecular weight excluding hydrogens is 300 g/mol. The van der Waals surface area contributed by atoms with Gasteiger partial charge in [0.1, 0.15) is 5.75 Å². The second-order valence-corrected chi connectivity index (χ2v) is 4.75. The third-order valence-electron chi connectivity index (χ3n) is 2.96. The Hall–Kier alpha value is -2.34. The van der Waals surface area contributed by atoms with Crippen LogP contribution in [0.15, 0.2) is 42.5 Å². The quantitative estimate of drug-likeness (QED) is 0.799. The van der Waals surface area contributed by atoms with E-state index in [0.717, 1.165) is 5.52 Å². The average molecular weight is 310 g/mol. The zero-order valence-corrected chi connectivity index (χ0v) is 11.4. The largest absolute Gasteiger partial charge is 0.435 e. The van der Waals surface area contributed by atoms with Gasteiger partial charge < -0.3 is 10.5 Å². The van der Waals surface area contributed by atoms with Crippen molar-refractivity contribution in [3.05, 3.63) is 47.5 Å². The van der Waals surface area contributed by atoms with Crippen molar-refractivity contribution in [1.29, 1.82) is 0 Å². The van der Waals surface area contributed by atoms with Crippen LogP contribution in [-0.4, -0.2) is 16.2 Å². The first-order valence-corrected chi connectivity index (χ1v) is 6.41. The lowest BCUT2D eigenvalue weighted by atomic mass is 10.2. The molecule has 0 saturated heterocycles. The molecule has 0 bridgehead atoms. The Kier molecular flexibility index (Phi) is 3.39. The van der Waals surface area contributed by atoms with E-state index in [0.29, 0.717) is 16.2 Å². The fourth-order valence-electron chi connectivity index (χ4n) is 2.12. The van der Waals surface area contributed by atoms with E-state index in [9.17, 15) is 8.78 Å². The number of ether oxygens (including phenoxy) is 1. The van der Waals surface area contributed by atoms with Crippen LogP contribution in [0.3, 0.4) is 0 Å². The fourth-order valence-corrected chi connectivity index (χ4v) is 2.28. The molecule has 0 unspecified atom stereocenters. The highest BCUT2D eigenvalue weighted by Crippen LogP contribution is 2.27. The number of aromatic nitrogens is 2. The monoisotopic (exact) mass is 309 g/mol. The van der Waals surface area contributed by atoms with Gasteiger partial charge in [-0.1, -0.05) is 11.6 Å². The Balaban J connectivity index is 2.07. The summed E-state index contributed by atoms with van der Waals surface area (Å²) < 4.78 is 30.3. The molecule has 108 valence electrons. The predicted molar refractivity (Wildman–Crippen MR) is 77.1 cm³/mol. The minimum atomic E-state index is -2.85. The highest BCUT2D eigenvalue weighted by atomic mass is 35.5. The van der Waals surface area contributed by atoms with Crippen LogP contribution < -0.4 is 10.5 Å². The van der Waals surface area contributed by atoms with E-state index < -0.39 is 6.61 Å². The topological polar surface area (TPSA) is 53.1 Å². The lowest BCUT2D eigenvalue weighted by Gasteiger charge is -2.08. The van der Waals surface area contributed by atoms with E-state index >= 15 is 0 Å². The normalized spacial score (nSPS) is 11.2. The average Bonchev–Trinajstić information content (AvgIpc) is 2.74. The van der Waals surface area contributed by atoms with Gasteiger partial charge >= 0.3 is 6.61 Å². The van der Waals surface area contributed by atoms with Gasteiger partial charge in [-0.05, 0) is 42.5 Å². The first kappa shape index (κ1) is 13.6. The van der Waals surface area contributed by atoms with E-state index in [1.165, 1.54) is 12.1 Å². The maximum absolute atomic E-state index is 12.1. The molecule has 3 aromatic rings. The Morgan fingerprint density at radius 2 is 1.86 bits per heavy atom. The molecule has 2 aromatic carbocycles. The molecule has 4 nitrogen and oxygen atoms in total. The molecule has 3 rings (SSSR count). The minimum absolute atomic E-state index is 0.0785. The summed E-state index contributed by atoms with van der Waals surface area (Å²) in [5, 5.41) is 0.557. The molecule has 0 aliphatic rings. The summed E-state index contributed by atoms with van der Waals surface area (Å²) >= 11 is 5.98. The molecule has 21 heavy (non-hydrogen) atoms. The summed E-state index contributed by atoms with van der Waals surface area (Å²) in [7, 11) is 0. The van der Waals surface area contributed by atoms with Crippen molar-refractivity contribution in [3.8, 4) is 11.4 Å². The van der Waals surface area contributed by atoms with Crippen LogP contribution in [0.25, 0.3) is 16.7 Å². The van der Waals surface area contributed by atoms with Gasteiger partial charge in [0.05, 0.1) is 11.0 Å². The zero-order valence-electron chi connectivity index (χ0n) is 10.6. The summed E-state index contributed by atoms with van der Waals surface area (Å²) in [4.78, 5) is 4.23. The van der Waals surface area contributed by atoms with Gasteiger partial charge in [0.15, 0.2) is 0 Å². The molecule has 0 fully saturated rings. The van der Waals surface area contributed by atoms with Crippen LogP contribution in [0.5, 0.6) is 5.75 Å². The lowest BCUT2D eigenvalue weighted by Crippen LogP contribution is -2.03. The third kappa shape index (κ3) is 2.62. The Morgan fingerprint density at radius 1 is 1.14 bits per heavy atom. The van der Waals surface area contributed by atoms with Crippen molar-refractivity contribution in [1.82, 2.24) is 9.55 Å². The first-order chi connectivity index (χ1) is 10.0. The Labute approximate surface area is 123 Å². The molecule has 1 heterocycles. The molecule has 0 aliphatic heterocycles. The van der Waals surface area contributed by atoms with Gasteiger partial charge in [-0.15, -0.1) is 0 Å². The summed E-state index contributed by atoms with van der Waals surface area (Å²) in [5.41, 5.74) is 8.03. The molecule has 0 radical (unpaired) electrons. The van der Waals surface area contributed by atoms with E-state index in [-0.39, 0.29) is 11.7 Å². The van der Waals surface area contributed by atoms with Crippen molar-refractivity contribution < 1.29 is 13.5 Å². The number of benzene rings is 2.